The van der Waals surface area contributed by atoms with Crippen LogP contribution in [0.4, 0.5) is 0 Å². The van der Waals surface area contributed by atoms with Crippen molar-refractivity contribution in [1.82, 2.24) is 0 Å². The van der Waals surface area contributed by atoms with Gasteiger partial charge in [-0.3, -0.25) is 0 Å². The van der Waals surface area contributed by atoms with Crippen LogP contribution in [0.5, 0.6) is 0 Å². The lowest BCUT2D eigenvalue weighted by molar-refractivity contribution is -0.135. The predicted octanol–water partition coefficient (Wildman–Crippen LogP) is 1.67. The molecule has 0 aliphatic heterocycles. The fraction of sp³-hybridized carbons (Fsp3) is 1.00. The van der Waals surface area contributed by atoms with Crippen LogP contribution in [0.2, 0.25) is 0 Å². The van der Waals surface area contributed by atoms with Gasteiger partial charge in [0.1, 0.15) is 0 Å². The van der Waals surface area contributed by atoms with Gasteiger partial charge in [0.05, 0.1) is 5.60 Å². The van der Waals surface area contributed by atoms with Gasteiger partial charge in [0.25, 0.3) is 0 Å². The van der Waals surface area contributed by atoms with E-state index < -0.39 is 5.60 Å². The van der Waals surface area contributed by atoms with Crippen molar-refractivity contribution in [2.24, 2.45) is 17.1 Å². The summed E-state index contributed by atoms with van der Waals surface area (Å²) in [4.78, 5) is 0. The summed E-state index contributed by atoms with van der Waals surface area (Å²) in [6, 6.07) is 0. The number of hydrogen-bond donors (Lipinski definition) is 2. The zero-order valence-corrected chi connectivity index (χ0v) is 8.55. The molecule has 2 nitrogen and oxygen atoms in total. The first-order valence-electron chi connectivity index (χ1n) is 5.54. The van der Waals surface area contributed by atoms with E-state index in [4.69, 9.17) is 5.73 Å². The van der Waals surface area contributed by atoms with E-state index in [0.717, 1.165) is 31.6 Å². The molecule has 0 radical (unpaired) electrons. The Hall–Kier alpha value is -0.0800. The Kier molecular flexibility index (Phi) is 2.16. The second kappa shape index (κ2) is 2.96. The number of rotatable bonds is 2. The van der Waals surface area contributed by atoms with E-state index in [-0.39, 0.29) is 5.41 Å². The Bertz CT molecular complexity index is 200. The summed E-state index contributed by atoms with van der Waals surface area (Å²) in [6.07, 6.45) is 6.68. The summed E-state index contributed by atoms with van der Waals surface area (Å²) in [7, 11) is 0. The summed E-state index contributed by atoms with van der Waals surface area (Å²) in [6.45, 7) is 2.95. The first-order valence-corrected chi connectivity index (χ1v) is 5.54. The summed E-state index contributed by atoms with van der Waals surface area (Å²) in [5.41, 5.74) is 5.54. The molecule has 2 saturated carbocycles. The van der Waals surface area contributed by atoms with Gasteiger partial charge in [-0.1, -0.05) is 13.3 Å². The van der Waals surface area contributed by atoms with Crippen LogP contribution in [-0.2, 0) is 0 Å². The van der Waals surface area contributed by atoms with E-state index in [1.54, 1.807) is 0 Å². The lowest BCUT2D eigenvalue weighted by Gasteiger charge is -2.51. The second-order valence-corrected chi connectivity index (χ2v) is 5.22. The Morgan fingerprint density at radius 3 is 2.38 bits per heavy atom. The van der Waals surface area contributed by atoms with Crippen LogP contribution in [0.25, 0.3) is 0 Å². The Labute approximate surface area is 80.5 Å². The van der Waals surface area contributed by atoms with Crippen molar-refractivity contribution in [3.05, 3.63) is 0 Å². The molecule has 0 aromatic carbocycles. The lowest BCUT2D eigenvalue weighted by atomic mass is 9.60. The van der Waals surface area contributed by atoms with Crippen LogP contribution in [-0.4, -0.2) is 17.3 Å². The molecule has 2 unspecified atom stereocenters. The minimum absolute atomic E-state index is 0.0741. The maximum absolute atomic E-state index is 10.4. The fourth-order valence-corrected chi connectivity index (χ4v) is 3.23. The number of nitrogens with two attached hydrogens (primary N) is 1. The zero-order valence-electron chi connectivity index (χ0n) is 8.55. The van der Waals surface area contributed by atoms with Gasteiger partial charge >= 0.3 is 0 Å². The SMILES string of the molecule is CC1CCC(CN)(C2(O)CCC2)C1. The van der Waals surface area contributed by atoms with E-state index in [1.165, 1.54) is 12.8 Å². The van der Waals surface area contributed by atoms with Crippen molar-refractivity contribution >= 4 is 0 Å². The van der Waals surface area contributed by atoms with Gasteiger partial charge in [0.2, 0.25) is 0 Å². The zero-order chi connectivity index (χ0) is 9.53. The molecular formula is C11H21NO. The molecule has 2 fully saturated rings. The summed E-state index contributed by atoms with van der Waals surface area (Å²) < 4.78 is 0. The Morgan fingerprint density at radius 1 is 1.38 bits per heavy atom. The first kappa shape index (κ1) is 9.47. The quantitative estimate of drug-likeness (QED) is 0.684. The number of aliphatic hydroxyl groups is 1. The molecule has 2 atom stereocenters. The topological polar surface area (TPSA) is 46.2 Å². The molecule has 0 amide bonds. The monoisotopic (exact) mass is 183 g/mol. The van der Waals surface area contributed by atoms with Gasteiger partial charge in [0, 0.05) is 12.0 Å². The summed E-state index contributed by atoms with van der Waals surface area (Å²) in [5.74, 6) is 0.758. The maximum atomic E-state index is 10.4. The van der Waals surface area contributed by atoms with Crippen molar-refractivity contribution in [1.29, 1.82) is 0 Å². The van der Waals surface area contributed by atoms with Gasteiger partial charge in [-0.15, -0.1) is 0 Å². The smallest absolute Gasteiger partial charge is 0.0715 e. The first-order chi connectivity index (χ1) is 6.12. The predicted molar refractivity (Wildman–Crippen MR) is 53.3 cm³/mol. The Morgan fingerprint density at radius 2 is 2.08 bits per heavy atom. The van der Waals surface area contributed by atoms with Crippen LogP contribution < -0.4 is 5.73 Å². The van der Waals surface area contributed by atoms with E-state index in [2.05, 4.69) is 6.92 Å². The van der Waals surface area contributed by atoms with E-state index in [0.29, 0.717) is 6.54 Å². The normalized spacial score (nSPS) is 43.2. The van der Waals surface area contributed by atoms with Gasteiger partial charge in [-0.2, -0.15) is 0 Å². The number of hydrogen-bond acceptors (Lipinski definition) is 2. The van der Waals surface area contributed by atoms with Crippen LogP contribution in [0.1, 0.15) is 45.4 Å². The average Bonchev–Trinajstić information content (AvgIpc) is 2.44. The molecule has 2 heteroatoms. The minimum Gasteiger partial charge on any atom is -0.389 e. The van der Waals surface area contributed by atoms with Crippen LogP contribution in [0.3, 0.4) is 0 Å². The average molecular weight is 183 g/mol. The van der Waals surface area contributed by atoms with E-state index in [9.17, 15) is 5.11 Å². The van der Waals surface area contributed by atoms with Crippen molar-refractivity contribution < 1.29 is 5.11 Å². The van der Waals surface area contributed by atoms with Crippen LogP contribution >= 0.6 is 0 Å². The molecule has 0 aromatic heterocycles. The largest absolute Gasteiger partial charge is 0.389 e. The summed E-state index contributed by atoms with van der Waals surface area (Å²) in [5, 5.41) is 10.4. The molecule has 0 bridgehead atoms. The van der Waals surface area contributed by atoms with Crippen molar-refractivity contribution in [3.63, 3.8) is 0 Å². The highest BCUT2D eigenvalue weighted by Gasteiger charge is 2.55. The van der Waals surface area contributed by atoms with Crippen molar-refractivity contribution in [2.45, 2.75) is 51.0 Å². The third-order valence-corrected chi connectivity index (χ3v) is 4.41. The molecule has 0 aromatic rings. The highest BCUT2D eigenvalue weighted by molar-refractivity contribution is 5.07. The molecule has 2 aliphatic rings. The molecule has 76 valence electrons. The molecule has 0 saturated heterocycles. The minimum atomic E-state index is -0.396. The molecule has 2 rings (SSSR count). The molecule has 0 spiro atoms. The molecule has 13 heavy (non-hydrogen) atoms. The fourth-order valence-electron chi connectivity index (χ4n) is 3.23. The van der Waals surface area contributed by atoms with Crippen molar-refractivity contribution in [3.8, 4) is 0 Å². The highest BCUT2D eigenvalue weighted by Crippen LogP contribution is 2.55. The van der Waals surface area contributed by atoms with Crippen LogP contribution in [0, 0.1) is 11.3 Å². The summed E-state index contributed by atoms with van der Waals surface area (Å²) >= 11 is 0. The van der Waals surface area contributed by atoms with E-state index >= 15 is 0 Å². The van der Waals surface area contributed by atoms with Crippen molar-refractivity contribution in [2.75, 3.05) is 6.54 Å². The van der Waals surface area contributed by atoms with Crippen LogP contribution in [0.15, 0.2) is 0 Å². The molecular weight excluding hydrogens is 162 g/mol. The highest BCUT2D eigenvalue weighted by atomic mass is 16.3. The second-order valence-electron chi connectivity index (χ2n) is 5.22. The van der Waals surface area contributed by atoms with Gasteiger partial charge < -0.3 is 10.8 Å². The Balaban J connectivity index is 2.15. The standard InChI is InChI=1S/C11H21NO/c1-9-3-6-10(7-9,8-12)11(13)4-2-5-11/h9,13H,2-8,12H2,1H3. The lowest BCUT2D eigenvalue weighted by Crippen LogP contribution is -2.55. The van der Waals surface area contributed by atoms with Gasteiger partial charge in [-0.25, -0.2) is 0 Å². The molecule has 0 heterocycles. The third-order valence-electron chi connectivity index (χ3n) is 4.41. The molecule has 3 N–H and O–H groups in total. The third kappa shape index (κ3) is 1.23. The van der Waals surface area contributed by atoms with Gasteiger partial charge in [-0.05, 0) is 38.0 Å². The molecule has 2 aliphatic carbocycles. The van der Waals surface area contributed by atoms with E-state index in [1.807, 2.05) is 0 Å². The maximum Gasteiger partial charge on any atom is 0.0715 e. The van der Waals surface area contributed by atoms with Gasteiger partial charge in [0.15, 0.2) is 0 Å².